The van der Waals surface area contributed by atoms with Crippen LogP contribution in [0.4, 0.5) is 0 Å². The molecular weight excluding hydrogens is 212 g/mol. The fourth-order valence-corrected chi connectivity index (χ4v) is 1.90. The molecule has 2 heterocycles. The minimum absolute atomic E-state index is 0.392. The molecular formula is C10H13ClN4. The van der Waals surface area contributed by atoms with Gasteiger partial charge in [0.15, 0.2) is 0 Å². The van der Waals surface area contributed by atoms with Crippen LogP contribution in [0.5, 0.6) is 0 Å². The van der Waals surface area contributed by atoms with E-state index in [1.807, 2.05) is 12.3 Å². The van der Waals surface area contributed by atoms with Crippen LogP contribution in [0.3, 0.4) is 0 Å². The van der Waals surface area contributed by atoms with Gasteiger partial charge in [0.2, 0.25) is 0 Å². The van der Waals surface area contributed by atoms with Gasteiger partial charge in [0.05, 0.1) is 11.2 Å². The average Bonchev–Trinajstić information content (AvgIpc) is 2.67. The Morgan fingerprint density at radius 3 is 3.13 bits per heavy atom. The number of aromatic nitrogens is 2. The summed E-state index contributed by atoms with van der Waals surface area (Å²) in [5.74, 6) is 0.595. The molecule has 0 fully saturated rings. The van der Waals surface area contributed by atoms with E-state index in [0.717, 1.165) is 18.5 Å². The van der Waals surface area contributed by atoms with Gasteiger partial charge in [-0.05, 0) is 18.9 Å². The minimum Gasteiger partial charge on any atom is -0.387 e. The second kappa shape index (κ2) is 4.06. The predicted octanol–water partition coefficient (Wildman–Crippen LogP) is 1.59. The lowest BCUT2D eigenvalue weighted by Crippen LogP contribution is -2.30. The van der Waals surface area contributed by atoms with Crippen LogP contribution in [0.1, 0.15) is 18.5 Å². The topological polar surface area (TPSA) is 67.1 Å². The van der Waals surface area contributed by atoms with Crippen molar-refractivity contribution in [1.82, 2.24) is 9.97 Å². The summed E-state index contributed by atoms with van der Waals surface area (Å²) >= 11 is 6.40. The molecule has 0 bridgehead atoms. The van der Waals surface area contributed by atoms with E-state index in [0.29, 0.717) is 12.3 Å². The summed E-state index contributed by atoms with van der Waals surface area (Å²) in [6.07, 6.45) is 9.36. The number of aliphatic imine (C=N–C) groups is 1. The van der Waals surface area contributed by atoms with Crippen molar-refractivity contribution in [3.05, 3.63) is 30.5 Å². The van der Waals surface area contributed by atoms with Gasteiger partial charge in [-0.2, -0.15) is 0 Å². The molecule has 15 heavy (non-hydrogen) atoms. The standard InChI is InChI=1S/C10H13ClN4/c11-10(3-4-14-9(12)5-10)2-1-8-6-13-7-15-8/h3-4,6-7H,1-2,5H2,(H2,12,14)(H,13,15). The van der Waals surface area contributed by atoms with Crippen LogP contribution in [-0.2, 0) is 6.42 Å². The first-order chi connectivity index (χ1) is 7.18. The van der Waals surface area contributed by atoms with Crippen molar-refractivity contribution in [3.8, 4) is 0 Å². The van der Waals surface area contributed by atoms with Crippen molar-refractivity contribution in [2.75, 3.05) is 0 Å². The van der Waals surface area contributed by atoms with E-state index < -0.39 is 4.87 Å². The lowest BCUT2D eigenvalue weighted by molar-refractivity contribution is 0.637. The van der Waals surface area contributed by atoms with Crippen LogP contribution in [-0.4, -0.2) is 20.7 Å². The van der Waals surface area contributed by atoms with E-state index in [4.69, 9.17) is 17.3 Å². The highest BCUT2D eigenvalue weighted by atomic mass is 35.5. The van der Waals surface area contributed by atoms with Crippen LogP contribution in [0.15, 0.2) is 29.8 Å². The Labute approximate surface area is 93.3 Å². The molecule has 1 aliphatic rings. The molecule has 80 valence electrons. The van der Waals surface area contributed by atoms with E-state index in [2.05, 4.69) is 15.0 Å². The molecule has 0 radical (unpaired) electrons. The van der Waals surface area contributed by atoms with Crippen LogP contribution < -0.4 is 5.73 Å². The van der Waals surface area contributed by atoms with Crippen LogP contribution in [0.25, 0.3) is 0 Å². The number of halogens is 1. The zero-order valence-corrected chi connectivity index (χ0v) is 9.04. The Balaban J connectivity index is 1.95. The number of nitrogens with two attached hydrogens (primary N) is 1. The van der Waals surface area contributed by atoms with Gasteiger partial charge in [-0.3, -0.25) is 0 Å². The normalized spacial score (nSPS) is 25.3. The lowest BCUT2D eigenvalue weighted by atomic mass is 9.95. The maximum absolute atomic E-state index is 6.40. The molecule has 0 aromatic carbocycles. The van der Waals surface area contributed by atoms with E-state index in [-0.39, 0.29) is 0 Å². The predicted molar refractivity (Wildman–Crippen MR) is 60.9 cm³/mol. The zero-order chi connectivity index (χ0) is 10.7. The van der Waals surface area contributed by atoms with Crippen molar-refractivity contribution in [2.45, 2.75) is 24.1 Å². The van der Waals surface area contributed by atoms with Gasteiger partial charge < -0.3 is 10.7 Å². The molecule has 1 aromatic rings. The summed E-state index contributed by atoms with van der Waals surface area (Å²) in [4.78, 5) is 10.6. The molecule has 2 rings (SSSR count). The lowest BCUT2D eigenvalue weighted by Gasteiger charge is -2.24. The molecule has 0 saturated carbocycles. The van der Waals surface area contributed by atoms with Crippen molar-refractivity contribution in [1.29, 1.82) is 0 Å². The summed E-state index contributed by atoms with van der Waals surface area (Å²) in [7, 11) is 0. The second-order valence-electron chi connectivity index (χ2n) is 3.72. The zero-order valence-electron chi connectivity index (χ0n) is 8.28. The first-order valence-electron chi connectivity index (χ1n) is 4.84. The number of hydrogen-bond acceptors (Lipinski definition) is 3. The maximum Gasteiger partial charge on any atom is 0.101 e. The first kappa shape index (κ1) is 10.2. The number of aryl methyl sites for hydroxylation is 1. The van der Waals surface area contributed by atoms with Gasteiger partial charge in [-0.15, -0.1) is 11.6 Å². The van der Waals surface area contributed by atoms with E-state index >= 15 is 0 Å². The Morgan fingerprint density at radius 1 is 1.60 bits per heavy atom. The Hall–Kier alpha value is -1.29. The average molecular weight is 225 g/mol. The molecule has 0 aliphatic carbocycles. The van der Waals surface area contributed by atoms with E-state index in [1.54, 1.807) is 12.5 Å². The summed E-state index contributed by atoms with van der Waals surface area (Å²) in [6, 6.07) is 0. The van der Waals surface area contributed by atoms with Crippen molar-refractivity contribution < 1.29 is 0 Å². The van der Waals surface area contributed by atoms with E-state index in [9.17, 15) is 0 Å². The monoisotopic (exact) mass is 224 g/mol. The Bertz CT molecular complexity index is 382. The number of allylic oxidation sites excluding steroid dienone is 1. The third-order valence-corrected chi connectivity index (χ3v) is 2.90. The largest absolute Gasteiger partial charge is 0.387 e. The number of rotatable bonds is 3. The maximum atomic E-state index is 6.40. The number of hydrogen-bond donors (Lipinski definition) is 2. The van der Waals surface area contributed by atoms with Gasteiger partial charge in [0.1, 0.15) is 5.84 Å². The van der Waals surface area contributed by atoms with Gasteiger partial charge in [-0.1, -0.05) is 0 Å². The molecule has 5 heteroatoms. The summed E-state index contributed by atoms with van der Waals surface area (Å²) < 4.78 is 0. The van der Waals surface area contributed by atoms with Gasteiger partial charge >= 0.3 is 0 Å². The van der Waals surface area contributed by atoms with Crippen LogP contribution >= 0.6 is 11.6 Å². The van der Waals surface area contributed by atoms with Crippen molar-refractivity contribution in [2.24, 2.45) is 10.7 Å². The van der Waals surface area contributed by atoms with Gasteiger partial charge in [0, 0.05) is 24.5 Å². The number of amidine groups is 1. The third-order valence-electron chi connectivity index (χ3n) is 2.45. The van der Waals surface area contributed by atoms with E-state index in [1.165, 1.54) is 0 Å². The molecule has 4 nitrogen and oxygen atoms in total. The fourth-order valence-electron chi connectivity index (χ4n) is 1.61. The minimum atomic E-state index is -0.392. The molecule has 1 atom stereocenters. The number of aromatic amines is 1. The molecule has 3 N–H and O–H groups in total. The van der Waals surface area contributed by atoms with Crippen LogP contribution in [0.2, 0.25) is 0 Å². The quantitative estimate of drug-likeness (QED) is 0.766. The Morgan fingerprint density at radius 2 is 2.47 bits per heavy atom. The van der Waals surface area contributed by atoms with Gasteiger partial charge in [0.25, 0.3) is 0 Å². The second-order valence-corrected chi connectivity index (χ2v) is 4.48. The fraction of sp³-hybridized carbons (Fsp3) is 0.400. The number of nitrogens with one attached hydrogen (secondary N) is 1. The SMILES string of the molecule is NC1=NC=CC(Cl)(CCc2cnc[nH]2)C1. The summed E-state index contributed by atoms with van der Waals surface area (Å²) in [5.41, 5.74) is 6.74. The molecule has 1 unspecified atom stereocenters. The highest BCUT2D eigenvalue weighted by molar-refractivity contribution is 6.26. The summed E-state index contributed by atoms with van der Waals surface area (Å²) in [5, 5.41) is 0. The summed E-state index contributed by atoms with van der Waals surface area (Å²) in [6.45, 7) is 0. The molecule has 0 amide bonds. The number of imidazole rings is 1. The molecule has 0 saturated heterocycles. The number of H-pyrrole nitrogens is 1. The van der Waals surface area contributed by atoms with Crippen molar-refractivity contribution in [3.63, 3.8) is 0 Å². The number of nitrogens with zero attached hydrogens (tertiary/aromatic N) is 2. The highest BCUT2D eigenvalue weighted by Crippen LogP contribution is 2.29. The first-order valence-corrected chi connectivity index (χ1v) is 5.22. The van der Waals surface area contributed by atoms with Gasteiger partial charge in [-0.25, -0.2) is 9.98 Å². The third kappa shape index (κ3) is 2.59. The molecule has 1 aliphatic heterocycles. The molecule has 0 spiro atoms. The van der Waals surface area contributed by atoms with Crippen molar-refractivity contribution >= 4 is 17.4 Å². The highest BCUT2D eigenvalue weighted by Gasteiger charge is 2.27. The Kier molecular flexibility index (Phi) is 2.77. The van der Waals surface area contributed by atoms with Crippen LogP contribution in [0, 0.1) is 0 Å². The number of alkyl halides is 1. The smallest absolute Gasteiger partial charge is 0.101 e. The molecule has 1 aromatic heterocycles.